The van der Waals surface area contributed by atoms with E-state index in [2.05, 4.69) is 28.6 Å². The van der Waals surface area contributed by atoms with E-state index in [1.807, 2.05) is 31.2 Å². The van der Waals surface area contributed by atoms with Gasteiger partial charge in [0.2, 0.25) is 0 Å². The quantitative estimate of drug-likeness (QED) is 0.239. The van der Waals surface area contributed by atoms with Crippen LogP contribution in [-0.4, -0.2) is 26.8 Å². The number of nitro benzene ring substituents is 1. The number of hydrogen-bond donors (Lipinski definition) is 0. The third kappa shape index (κ3) is 5.75. The highest BCUT2D eigenvalue weighted by Crippen LogP contribution is 2.32. The molecule has 0 saturated carbocycles. The number of non-ortho nitro benzene ring substituents is 1. The molecule has 0 aliphatic carbocycles. The lowest BCUT2D eigenvalue weighted by Gasteiger charge is -2.19. The number of para-hydroxylation sites is 2. The lowest BCUT2D eigenvalue weighted by Crippen LogP contribution is -2.15. The van der Waals surface area contributed by atoms with Crippen molar-refractivity contribution in [1.82, 2.24) is 14.8 Å². The van der Waals surface area contributed by atoms with Gasteiger partial charge >= 0.3 is 0 Å². The molecule has 164 valence electrons. The Bertz CT molecular complexity index is 1020. The molecule has 0 radical (unpaired) electrons. The molecule has 0 spiro atoms. The number of ether oxygens (including phenoxy) is 2. The van der Waals surface area contributed by atoms with E-state index in [1.165, 1.54) is 12.1 Å². The smallest absolute Gasteiger partial charge is 0.269 e. The van der Waals surface area contributed by atoms with Gasteiger partial charge in [-0.2, -0.15) is 0 Å². The van der Waals surface area contributed by atoms with E-state index in [1.54, 1.807) is 31.0 Å². The fraction of sp³-hybridized carbons (Fsp3) is 0.364. The van der Waals surface area contributed by atoms with Crippen molar-refractivity contribution in [3.05, 3.63) is 70.0 Å². The van der Waals surface area contributed by atoms with Crippen LogP contribution in [0.25, 0.3) is 0 Å². The van der Waals surface area contributed by atoms with Crippen LogP contribution >= 0.6 is 11.8 Å². The van der Waals surface area contributed by atoms with Gasteiger partial charge in [0.25, 0.3) is 5.69 Å². The van der Waals surface area contributed by atoms with Gasteiger partial charge in [-0.15, -0.1) is 10.2 Å². The molecular weight excluding hydrogens is 416 g/mol. The summed E-state index contributed by atoms with van der Waals surface area (Å²) in [4.78, 5) is 10.4. The number of thioether (sulfide) groups is 1. The molecule has 0 saturated heterocycles. The van der Waals surface area contributed by atoms with Crippen molar-refractivity contribution in [2.24, 2.45) is 5.92 Å². The molecular formula is C22H26N4O4S. The van der Waals surface area contributed by atoms with E-state index in [4.69, 9.17) is 9.47 Å². The minimum atomic E-state index is -0.397. The standard InChI is InChI=1S/C22H26N4O4S/c1-15(2)13-25-21(16(3)30-20-8-6-5-7-19(20)29-4)23-24-22(25)31-14-17-9-11-18(12-10-17)26(27)28/h5-12,15-16H,13-14H2,1-4H3. The molecule has 0 amide bonds. The summed E-state index contributed by atoms with van der Waals surface area (Å²) in [6.45, 7) is 6.98. The molecule has 0 fully saturated rings. The second kappa shape index (κ2) is 10.3. The summed E-state index contributed by atoms with van der Waals surface area (Å²) in [5, 5.41) is 20.4. The molecule has 1 aromatic heterocycles. The maximum Gasteiger partial charge on any atom is 0.269 e. The minimum absolute atomic E-state index is 0.0846. The lowest BCUT2D eigenvalue weighted by atomic mass is 10.2. The normalized spacial score (nSPS) is 12.0. The Balaban J connectivity index is 1.78. The zero-order chi connectivity index (χ0) is 22.4. The molecule has 8 nitrogen and oxygen atoms in total. The van der Waals surface area contributed by atoms with E-state index in [9.17, 15) is 10.1 Å². The lowest BCUT2D eigenvalue weighted by molar-refractivity contribution is -0.384. The number of benzene rings is 2. The Kier molecular flexibility index (Phi) is 7.51. The van der Waals surface area contributed by atoms with Crippen LogP contribution in [0.5, 0.6) is 11.5 Å². The van der Waals surface area contributed by atoms with Gasteiger partial charge in [0, 0.05) is 24.4 Å². The zero-order valence-corrected chi connectivity index (χ0v) is 18.8. The van der Waals surface area contributed by atoms with Crippen LogP contribution in [0.3, 0.4) is 0 Å². The highest BCUT2D eigenvalue weighted by atomic mass is 32.2. The molecule has 0 N–H and O–H groups in total. The monoisotopic (exact) mass is 442 g/mol. The summed E-state index contributed by atoms with van der Waals surface area (Å²) in [5.74, 6) is 3.09. The first kappa shape index (κ1) is 22.6. The predicted molar refractivity (Wildman–Crippen MR) is 120 cm³/mol. The van der Waals surface area contributed by atoms with Crippen molar-refractivity contribution in [2.75, 3.05) is 7.11 Å². The summed E-state index contributed by atoms with van der Waals surface area (Å²) in [5.41, 5.74) is 1.07. The number of rotatable bonds is 10. The molecule has 9 heteroatoms. The van der Waals surface area contributed by atoms with Gasteiger partial charge in [0.05, 0.1) is 12.0 Å². The largest absolute Gasteiger partial charge is 0.493 e. The van der Waals surface area contributed by atoms with Gasteiger partial charge < -0.3 is 14.0 Å². The average molecular weight is 443 g/mol. The maximum atomic E-state index is 10.8. The van der Waals surface area contributed by atoms with E-state index in [0.29, 0.717) is 23.2 Å². The molecule has 0 bridgehead atoms. The van der Waals surface area contributed by atoms with Gasteiger partial charge in [0.1, 0.15) is 0 Å². The summed E-state index contributed by atoms with van der Waals surface area (Å²) < 4.78 is 13.6. The number of nitro groups is 1. The summed E-state index contributed by atoms with van der Waals surface area (Å²) in [7, 11) is 1.61. The number of hydrogen-bond acceptors (Lipinski definition) is 7. The van der Waals surface area contributed by atoms with Crippen molar-refractivity contribution in [2.45, 2.75) is 44.3 Å². The Morgan fingerprint density at radius 1 is 1.06 bits per heavy atom. The average Bonchev–Trinajstić information content (AvgIpc) is 3.14. The Morgan fingerprint density at radius 2 is 1.74 bits per heavy atom. The first-order valence-electron chi connectivity index (χ1n) is 9.98. The molecule has 1 unspecified atom stereocenters. The number of nitrogens with zero attached hydrogens (tertiary/aromatic N) is 4. The summed E-state index contributed by atoms with van der Waals surface area (Å²) in [6, 6.07) is 14.1. The van der Waals surface area contributed by atoms with Crippen LogP contribution in [0.2, 0.25) is 0 Å². The van der Waals surface area contributed by atoms with Gasteiger partial charge in [-0.1, -0.05) is 49.9 Å². The zero-order valence-electron chi connectivity index (χ0n) is 18.0. The molecule has 31 heavy (non-hydrogen) atoms. The molecule has 3 aromatic rings. The van der Waals surface area contributed by atoms with Crippen LogP contribution in [0.4, 0.5) is 5.69 Å². The Morgan fingerprint density at radius 3 is 2.35 bits per heavy atom. The second-order valence-electron chi connectivity index (χ2n) is 7.47. The third-order valence-electron chi connectivity index (χ3n) is 4.54. The fourth-order valence-corrected chi connectivity index (χ4v) is 3.98. The molecule has 3 rings (SSSR count). The van der Waals surface area contributed by atoms with E-state index < -0.39 is 4.92 Å². The second-order valence-corrected chi connectivity index (χ2v) is 8.41. The van der Waals surface area contributed by atoms with E-state index in [0.717, 1.165) is 23.1 Å². The van der Waals surface area contributed by atoms with Gasteiger partial charge in [-0.05, 0) is 30.5 Å². The molecule has 1 atom stereocenters. The summed E-state index contributed by atoms with van der Waals surface area (Å²) in [6.07, 6.45) is -0.323. The number of methoxy groups -OCH3 is 1. The van der Waals surface area contributed by atoms with Crippen molar-refractivity contribution >= 4 is 17.4 Å². The highest BCUT2D eigenvalue weighted by Gasteiger charge is 2.21. The van der Waals surface area contributed by atoms with Crippen LogP contribution < -0.4 is 9.47 Å². The molecule has 0 aliphatic rings. The van der Waals surface area contributed by atoms with Crippen molar-refractivity contribution in [3.63, 3.8) is 0 Å². The SMILES string of the molecule is COc1ccccc1OC(C)c1nnc(SCc2ccc([N+](=O)[O-])cc2)n1CC(C)C. The molecule has 0 aliphatic heterocycles. The van der Waals surface area contributed by atoms with Gasteiger partial charge in [-0.25, -0.2) is 0 Å². The van der Waals surface area contributed by atoms with Crippen LogP contribution in [0, 0.1) is 16.0 Å². The van der Waals surface area contributed by atoms with Gasteiger partial charge in [-0.3, -0.25) is 10.1 Å². The highest BCUT2D eigenvalue weighted by molar-refractivity contribution is 7.98. The van der Waals surface area contributed by atoms with E-state index >= 15 is 0 Å². The topological polar surface area (TPSA) is 92.3 Å². The van der Waals surface area contributed by atoms with Crippen LogP contribution in [0.1, 0.15) is 38.3 Å². The summed E-state index contributed by atoms with van der Waals surface area (Å²) >= 11 is 1.55. The molecule has 1 heterocycles. The Hall–Kier alpha value is -3.07. The maximum absolute atomic E-state index is 10.8. The van der Waals surface area contributed by atoms with Crippen LogP contribution in [-0.2, 0) is 12.3 Å². The van der Waals surface area contributed by atoms with Crippen LogP contribution in [0.15, 0.2) is 53.7 Å². The van der Waals surface area contributed by atoms with Crippen molar-refractivity contribution in [1.29, 1.82) is 0 Å². The van der Waals surface area contributed by atoms with Gasteiger partial charge in [0.15, 0.2) is 28.6 Å². The third-order valence-corrected chi connectivity index (χ3v) is 5.58. The van der Waals surface area contributed by atoms with Crippen molar-refractivity contribution < 1.29 is 14.4 Å². The first-order chi connectivity index (χ1) is 14.9. The fourth-order valence-electron chi connectivity index (χ4n) is 3.07. The predicted octanol–water partition coefficient (Wildman–Crippen LogP) is 5.28. The minimum Gasteiger partial charge on any atom is -0.493 e. The Labute approximate surface area is 185 Å². The first-order valence-corrected chi connectivity index (χ1v) is 11.0. The number of aromatic nitrogens is 3. The van der Waals surface area contributed by atoms with Crippen molar-refractivity contribution in [3.8, 4) is 11.5 Å². The molecule has 2 aromatic carbocycles. The van der Waals surface area contributed by atoms with E-state index in [-0.39, 0.29) is 11.8 Å².